The predicted molar refractivity (Wildman–Crippen MR) is 90.5 cm³/mol. The molecule has 1 aliphatic heterocycles. The Bertz CT molecular complexity index is 511. The minimum Gasteiger partial charge on any atom is -0.349 e. The van der Waals surface area contributed by atoms with Gasteiger partial charge >= 0.3 is 0 Å². The van der Waals surface area contributed by atoms with E-state index in [-0.39, 0.29) is 30.3 Å². The minimum atomic E-state index is -0.151. The number of piperidine rings is 1. The first-order valence-corrected chi connectivity index (χ1v) is 7.24. The van der Waals surface area contributed by atoms with Crippen molar-refractivity contribution in [3.05, 3.63) is 42.5 Å². The van der Waals surface area contributed by atoms with Crippen LogP contribution in [0.1, 0.15) is 29.6 Å². The fraction of sp³-hybridized carbons (Fsp3) is 0.375. The molecular weight excluding hydrogens is 302 g/mol. The van der Waals surface area contributed by atoms with Crippen LogP contribution in [0, 0.1) is 0 Å². The van der Waals surface area contributed by atoms with Gasteiger partial charge in [0.2, 0.25) is 5.91 Å². The summed E-state index contributed by atoms with van der Waals surface area (Å²) in [5.41, 5.74) is 1.26. The van der Waals surface area contributed by atoms with Crippen molar-refractivity contribution in [3.63, 3.8) is 0 Å². The number of halogens is 1. The van der Waals surface area contributed by atoms with Crippen LogP contribution in [-0.2, 0) is 4.79 Å². The fourth-order valence-corrected chi connectivity index (χ4v) is 2.28. The van der Waals surface area contributed by atoms with Crippen LogP contribution < -0.4 is 16.0 Å². The van der Waals surface area contributed by atoms with Gasteiger partial charge in [0, 0.05) is 17.8 Å². The van der Waals surface area contributed by atoms with E-state index in [1.54, 1.807) is 30.3 Å². The molecule has 1 atom stereocenters. The molecule has 2 rings (SSSR count). The van der Waals surface area contributed by atoms with Crippen molar-refractivity contribution in [2.75, 3.05) is 18.4 Å². The highest BCUT2D eigenvalue weighted by Gasteiger charge is 2.20. The monoisotopic (exact) mass is 323 g/mol. The smallest absolute Gasteiger partial charge is 0.251 e. The average Bonchev–Trinajstić information content (AvgIpc) is 2.54. The zero-order valence-corrected chi connectivity index (χ0v) is 13.2. The van der Waals surface area contributed by atoms with Crippen molar-refractivity contribution < 1.29 is 9.59 Å². The second-order valence-electron chi connectivity index (χ2n) is 5.07. The number of amides is 2. The topological polar surface area (TPSA) is 70.2 Å². The van der Waals surface area contributed by atoms with E-state index < -0.39 is 0 Å². The molecule has 120 valence electrons. The van der Waals surface area contributed by atoms with Gasteiger partial charge in [0.1, 0.15) is 0 Å². The minimum absolute atomic E-state index is 0. The Kier molecular flexibility index (Phi) is 7.63. The van der Waals surface area contributed by atoms with E-state index in [0.717, 1.165) is 25.8 Å². The summed E-state index contributed by atoms with van der Waals surface area (Å²) in [6.07, 6.45) is 4.70. The molecule has 1 aliphatic rings. The van der Waals surface area contributed by atoms with Crippen molar-refractivity contribution in [3.8, 4) is 0 Å². The maximum absolute atomic E-state index is 12.1. The molecule has 6 heteroatoms. The number of carbonyl (C=O) groups is 2. The second kappa shape index (κ2) is 9.23. The molecule has 1 aromatic carbocycles. The summed E-state index contributed by atoms with van der Waals surface area (Å²) < 4.78 is 0. The molecule has 0 unspecified atom stereocenters. The second-order valence-corrected chi connectivity index (χ2v) is 5.07. The van der Waals surface area contributed by atoms with Crippen molar-refractivity contribution in [1.29, 1.82) is 0 Å². The van der Waals surface area contributed by atoms with Gasteiger partial charge in [-0.2, -0.15) is 0 Å². The first kappa shape index (κ1) is 18.2. The van der Waals surface area contributed by atoms with Gasteiger partial charge in [-0.15, -0.1) is 19.0 Å². The molecule has 0 bridgehead atoms. The van der Waals surface area contributed by atoms with Crippen LogP contribution >= 0.6 is 12.4 Å². The van der Waals surface area contributed by atoms with E-state index in [4.69, 9.17) is 0 Å². The lowest BCUT2D eigenvalue weighted by Gasteiger charge is -2.22. The molecule has 3 N–H and O–H groups in total. The molecule has 1 heterocycles. The van der Waals surface area contributed by atoms with Crippen LogP contribution in [0.15, 0.2) is 36.9 Å². The van der Waals surface area contributed by atoms with E-state index in [1.807, 2.05) is 0 Å². The molecule has 0 radical (unpaired) electrons. The third kappa shape index (κ3) is 5.16. The van der Waals surface area contributed by atoms with Crippen molar-refractivity contribution in [1.82, 2.24) is 10.6 Å². The van der Waals surface area contributed by atoms with Crippen LogP contribution in [-0.4, -0.2) is 30.9 Å². The molecule has 0 aliphatic carbocycles. The molecule has 2 amide bonds. The molecule has 5 nitrogen and oxygen atoms in total. The Morgan fingerprint density at radius 3 is 2.59 bits per heavy atom. The van der Waals surface area contributed by atoms with E-state index in [9.17, 15) is 9.59 Å². The number of hydrogen-bond acceptors (Lipinski definition) is 3. The largest absolute Gasteiger partial charge is 0.349 e. The molecule has 1 saturated heterocycles. The summed E-state index contributed by atoms with van der Waals surface area (Å²) in [7, 11) is 0. The summed E-state index contributed by atoms with van der Waals surface area (Å²) in [4.78, 5) is 23.8. The van der Waals surface area contributed by atoms with Gasteiger partial charge in [-0.1, -0.05) is 12.5 Å². The van der Waals surface area contributed by atoms with E-state index in [1.165, 1.54) is 0 Å². The van der Waals surface area contributed by atoms with Gasteiger partial charge in [-0.25, -0.2) is 0 Å². The van der Waals surface area contributed by atoms with Crippen molar-refractivity contribution in [2.24, 2.45) is 0 Å². The maximum atomic E-state index is 12.1. The highest BCUT2D eigenvalue weighted by atomic mass is 35.5. The highest BCUT2D eigenvalue weighted by Crippen LogP contribution is 2.13. The summed E-state index contributed by atoms with van der Waals surface area (Å²) in [5.74, 6) is -0.166. The van der Waals surface area contributed by atoms with Crippen molar-refractivity contribution >= 4 is 29.9 Å². The maximum Gasteiger partial charge on any atom is 0.251 e. The quantitative estimate of drug-likeness (QED) is 0.727. The van der Waals surface area contributed by atoms with Crippen LogP contribution in [0.2, 0.25) is 0 Å². The molecule has 22 heavy (non-hydrogen) atoms. The first-order valence-electron chi connectivity index (χ1n) is 7.24. The van der Waals surface area contributed by atoms with E-state index >= 15 is 0 Å². The molecule has 0 saturated carbocycles. The van der Waals surface area contributed by atoms with Crippen LogP contribution in [0.5, 0.6) is 0 Å². The standard InChI is InChI=1S/C16H21N3O2.ClH/c1-2-10-18-15(20)12-6-8-13(9-7-12)19-16(21)14-5-3-4-11-17-14;/h2,6-9,14,17H,1,3-5,10-11H2,(H,18,20)(H,19,21);1H/t14-;/m0./s1. The normalized spacial score (nSPS) is 17.0. The van der Waals surface area contributed by atoms with Gasteiger partial charge in [0.25, 0.3) is 5.91 Å². The van der Waals surface area contributed by atoms with Gasteiger partial charge in [-0.3, -0.25) is 9.59 Å². The number of benzene rings is 1. The predicted octanol–water partition coefficient (Wildman–Crippen LogP) is 2.10. The third-order valence-corrected chi connectivity index (χ3v) is 3.45. The molecule has 0 aromatic heterocycles. The molecule has 1 aromatic rings. The highest BCUT2D eigenvalue weighted by molar-refractivity contribution is 5.97. The van der Waals surface area contributed by atoms with Crippen LogP contribution in [0.25, 0.3) is 0 Å². The Hall–Kier alpha value is -1.85. The number of nitrogens with one attached hydrogen (secondary N) is 3. The summed E-state index contributed by atoms with van der Waals surface area (Å²) in [5, 5.41) is 8.78. The lowest BCUT2D eigenvalue weighted by molar-refractivity contribution is -0.118. The first-order chi connectivity index (χ1) is 10.2. The van der Waals surface area contributed by atoms with Gasteiger partial charge in [0.05, 0.1) is 6.04 Å². The fourth-order valence-electron chi connectivity index (χ4n) is 2.28. The lowest BCUT2D eigenvalue weighted by Crippen LogP contribution is -2.43. The lowest BCUT2D eigenvalue weighted by atomic mass is 10.0. The zero-order chi connectivity index (χ0) is 15.1. The summed E-state index contributed by atoms with van der Waals surface area (Å²) in [6, 6.07) is 6.76. The number of carbonyl (C=O) groups excluding carboxylic acids is 2. The Morgan fingerprint density at radius 2 is 2.00 bits per heavy atom. The van der Waals surface area contributed by atoms with Gasteiger partial charge in [0.15, 0.2) is 0 Å². The number of hydrogen-bond donors (Lipinski definition) is 3. The number of anilines is 1. The van der Waals surface area contributed by atoms with Crippen LogP contribution in [0.3, 0.4) is 0 Å². The van der Waals surface area contributed by atoms with E-state index in [2.05, 4.69) is 22.5 Å². The summed E-state index contributed by atoms with van der Waals surface area (Å²) in [6.45, 7) is 4.87. The van der Waals surface area contributed by atoms with Crippen molar-refractivity contribution in [2.45, 2.75) is 25.3 Å². The average molecular weight is 324 g/mol. The van der Waals surface area contributed by atoms with Gasteiger partial charge in [-0.05, 0) is 43.7 Å². The third-order valence-electron chi connectivity index (χ3n) is 3.45. The molecule has 1 fully saturated rings. The van der Waals surface area contributed by atoms with Crippen LogP contribution in [0.4, 0.5) is 5.69 Å². The Balaban J connectivity index is 0.00000242. The number of rotatable bonds is 5. The van der Waals surface area contributed by atoms with Gasteiger partial charge < -0.3 is 16.0 Å². The summed E-state index contributed by atoms with van der Waals surface area (Å²) >= 11 is 0. The SMILES string of the molecule is C=CCNC(=O)c1ccc(NC(=O)[C@@H]2CCCCN2)cc1.Cl. The molecular formula is C16H22ClN3O2. The van der Waals surface area contributed by atoms with E-state index in [0.29, 0.717) is 17.8 Å². The Morgan fingerprint density at radius 1 is 1.27 bits per heavy atom. The molecule has 0 spiro atoms. The zero-order valence-electron chi connectivity index (χ0n) is 12.4. The Labute approximate surface area is 137 Å².